The molecule has 0 fully saturated rings. The second-order valence-corrected chi connectivity index (χ2v) is 7.31. The summed E-state index contributed by atoms with van der Waals surface area (Å²) in [6, 6.07) is 0. The van der Waals surface area contributed by atoms with E-state index in [9.17, 15) is 0 Å². The second kappa shape index (κ2) is 27.8. The van der Waals surface area contributed by atoms with Crippen LogP contribution in [-0.2, 0) is 0 Å². The summed E-state index contributed by atoms with van der Waals surface area (Å²) in [5, 5.41) is 27.9. The molecule has 0 saturated carbocycles. The molecule has 4 N–H and O–H groups in total. The Labute approximate surface area is 172 Å². The summed E-state index contributed by atoms with van der Waals surface area (Å²) >= 11 is 0. The molecule has 0 aromatic rings. The van der Waals surface area contributed by atoms with Gasteiger partial charge in [0.05, 0.1) is 0 Å². The van der Waals surface area contributed by atoms with Gasteiger partial charge in [0, 0.05) is 0 Å². The fraction of sp³-hybridized carbons (Fsp3) is 0.909. The van der Waals surface area contributed by atoms with Gasteiger partial charge < -0.3 is 20.4 Å². The summed E-state index contributed by atoms with van der Waals surface area (Å²) in [5.41, 5.74) is 0. The van der Waals surface area contributed by atoms with Crippen molar-refractivity contribution in [3.05, 3.63) is 0 Å². The highest BCUT2D eigenvalue weighted by molar-refractivity contribution is 5.53. The minimum atomic E-state index is -1.83. The van der Waals surface area contributed by atoms with Crippen LogP contribution in [0.2, 0.25) is 0 Å². The van der Waals surface area contributed by atoms with E-state index in [2.05, 4.69) is 20.8 Å². The molecule has 0 saturated heterocycles. The molecule has 1 unspecified atom stereocenters. The predicted octanol–water partition coefficient (Wildman–Crippen LogP) is 8.35. The fourth-order valence-corrected chi connectivity index (χ4v) is 3.16. The van der Waals surface area contributed by atoms with E-state index in [1.54, 1.807) is 0 Å². The van der Waals surface area contributed by atoms with E-state index >= 15 is 0 Å². The summed E-state index contributed by atoms with van der Waals surface area (Å²) in [5.74, 6) is 1.02. The molecule has 6 heteroatoms. The lowest BCUT2D eigenvalue weighted by Gasteiger charge is -2.14. The summed E-state index contributed by atoms with van der Waals surface area (Å²) in [6.45, 7) is 6.99. The molecular formula is C22H46O6. The van der Waals surface area contributed by atoms with Crippen LogP contribution in [0.25, 0.3) is 0 Å². The van der Waals surface area contributed by atoms with Gasteiger partial charge in [-0.3, -0.25) is 0 Å². The standard InChI is InChI=1S/C20H42.2CH2O3/c1-4-7-9-11-12-13-15-17-19-20(6-3)18-16-14-10-8-5-2;2*2-1(3)4/h20H,4-19H2,1-3H3;2*(H2,2,3,4). The zero-order valence-corrected chi connectivity index (χ0v) is 18.5. The molecule has 170 valence electrons. The van der Waals surface area contributed by atoms with Crippen LogP contribution in [0.5, 0.6) is 0 Å². The molecule has 0 aliphatic carbocycles. The topological polar surface area (TPSA) is 115 Å². The van der Waals surface area contributed by atoms with Crippen molar-refractivity contribution in [1.82, 2.24) is 0 Å². The van der Waals surface area contributed by atoms with Crippen molar-refractivity contribution in [3.63, 3.8) is 0 Å². The molecule has 6 nitrogen and oxygen atoms in total. The van der Waals surface area contributed by atoms with Crippen molar-refractivity contribution >= 4 is 12.3 Å². The van der Waals surface area contributed by atoms with E-state index in [4.69, 9.17) is 30.0 Å². The smallest absolute Gasteiger partial charge is 0.450 e. The highest BCUT2D eigenvalue weighted by atomic mass is 16.6. The van der Waals surface area contributed by atoms with Gasteiger partial charge in [-0.2, -0.15) is 0 Å². The van der Waals surface area contributed by atoms with Crippen molar-refractivity contribution < 1.29 is 30.0 Å². The average molecular weight is 407 g/mol. The summed E-state index contributed by atoms with van der Waals surface area (Å²) < 4.78 is 0. The molecule has 0 aromatic carbocycles. The Balaban J connectivity index is -0.000000656. The number of unbranched alkanes of at least 4 members (excludes halogenated alkanes) is 11. The SMILES string of the molecule is CCCCCCCCCCC(CC)CCCCCCC.O=C(O)O.O=C(O)O. The largest absolute Gasteiger partial charge is 0.503 e. The Morgan fingerprint density at radius 2 is 0.786 bits per heavy atom. The van der Waals surface area contributed by atoms with E-state index in [0.717, 1.165) is 5.92 Å². The summed E-state index contributed by atoms with van der Waals surface area (Å²) in [7, 11) is 0. The quantitative estimate of drug-likeness (QED) is 0.191. The highest BCUT2D eigenvalue weighted by Gasteiger charge is 2.05. The van der Waals surface area contributed by atoms with E-state index in [0.29, 0.717) is 0 Å². The lowest BCUT2D eigenvalue weighted by Crippen LogP contribution is -1.99. The molecule has 1 atom stereocenters. The van der Waals surface area contributed by atoms with Crippen molar-refractivity contribution in [2.75, 3.05) is 0 Å². The third-order valence-electron chi connectivity index (χ3n) is 4.76. The van der Waals surface area contributed by atoms with E-state index in [1.807, 2.05) is 0 Å². The number of rotatable bonds is 16. The molecule has 28 heavy (non-hydrogen) atoms. The highest BCUT2D eigenvalue weighted by Crippen LogP contribution is 2.21. The summed E-state index contributed by atoms with van der Waals surface area (Å²) in [6.07, 6.45) is 19.7. The first-order valence-electron chi connectivity index (χ1n) is 11.1. The predicted molar refractivity (Wildman–Crippen MR) is 116 cm³/mol. The Bertz CT molecular complexity index is 300. The molecular weight excluding hydrogens is 360 g/mol. The number of carbonyl (C=O) groups is 2. The lowest BCUT2D eigenvalue weighted by molar-refractivity contribution is 0.135. The Kier molecular flexibility index (Phi) is 31.0. The van der Waals surface area contributed by atoms with Gasteiger partial charge in [-0.15, -0.1) is 0 Å². The summed E-state index contributed by atoms with van der Waals surface area (Å²) in [4.78, 5) is 17.1. The normalized spacial score (nSPS) is 10.8. The van der Waals surface area contributed by atoms with Gasteiger partial charge in [-0.05, 0) is 5.92 Å². The Morgan fingerprint density at radius 1 is 0.536 bits per heavy atom. The molecule has 0 aliphatic heterocycles. The average Bonchev–Trinajstić information content (AvgIpc) is 2.61. The van der Waals surface area contributed by atoms with E-state index in [1.165, 1.54) is 103 Å². The minimum Gasteiger partial charge on any atom is -0.450 e. The molecule has 0 heterocycles. The van der Waals surface area contributed by atoms with Crippen molar-refractivity contribution in [1.29, 1.82) is 0 Å². The van der Waals surface area contributed by atoms with E-state index < -0.39 is 12.3 Å². The minimum absolute atomic E-state index is 1.02. The molecule has 0 amide bonds. The van der Waals surface area contributed by atoms with Crippen LogP contribution in [0, 0.1) is 5.92 Å². The van der Waals surface area contributed by atoms with Crippen molar-refractivity contribution in [3.8, 4) is 0 Å². The Hall–Kier alpha value is -1.46. The zero-order valence-electron chi connectivity index (χ0n) is 18.5. The first kappa shape index (κ1) is 31.2. The van der Waals surface area contributed by atoms with Gasteiger partial charge in [-0.25, -0.2) is 9.59 Å². The van der Waals surface area contributed by atoms with Gasteiger partial charge in [0.25, 0.3) is 0 Å². The lowest BCUT2D eigenvalue weighted by atomic mass is 9.92. The van der Waals surface area contributed by atoms with Crippen LogP contribution in [0.15, 0.2) is 0 Å². The first-order chi connectivity index (χ1) is 13.3. The van der Waals surface area contributed by atoms with Crippen LogP contribution >= 0.6 is 0 Å². The molecule has 0 aliphatic rings. The van der Waals surface area contributed by atoms with Crippen LogP contribution in [-0.4, -0.2) is 32.7 Å². The van der Waals surface area contributed by atoms with Crippen molar-refractivity contribution in [2.45, 2.75) is 124 Å². The molecule has 0 spiro atoms. The molecule has 0 rings (SSSR count). The van der Waals surface area contributed by atoms with Gasteiger partial charge in [0.15, 0.2) is 0 Å². The van der Waals surface area contributed by atoms with Crippen LogP contribution in [0.1, 0.15) is 124 Å². The maximum atomic E-state index is 8.56. The number of hydrogen-bond donors (Lipinski definition) is 4. The first-order valence-corrected chi connectivity index (χ1v) is 11.1. The van der Waals surface area contributed by atoms with Crippen LogP contribution in [0.4, 0.5) is 9.59 Å². The number of hydrogen-bond acceptors (Lipinski definition) is 2. The molecule has 0 aromatic heterocycles. The number of carboxylic acid groups (broad SMARTS) is 4. The van der Waals surface area contributed by atoms with Gasteiger partial charge in [0.1, 0.15) is 0 Å². The molecule has 0 radical (unpaired) electrons. The second-order valence-electron chi connectivity index (χ2n) is 7.31. The third-order valence-corrected chi connectivity index (χ3v) is 4.76. The zero-order chi connectivity index (χ0) is 22.0. The van der Waals surface area contributed by atoms with Crippen molar-refractivity contribution in [2.24, 2.45) is 5.92 Å². The van der Waals surface area contributed by atoms with Gasteiger partial charge in [-0.1, -0.05) is 124 Å². The fourth-order valence-electron chi connectivity index (χ4n) is 3.16. The monoisotopic (exact) mass is 406 g/mol. The van der Waals surface area contributed by atoms with E-state index in [-0.39, 0.29) is 0 Å². The van der Waals surface area contributed by atoms with Gasteiger partial charge >= 0.3 is 12.3 Å². The maximum Gasteiger partial charge on any atom is 0.503 e. The van der Waals surface area contributed by atoms with Crippen LogP contribution < -0.4 is 0 Å². The maximum absolute atomic E-state index is 8.56. The third kappa shape index (κ3) is 44.2. The molecule has 0 bridgehead atoms. The van der Waals surface area contributed by atoms with Gasteiger partial charge in [0.2, 0.25) is 0 Å². The van der Waals surface area contributed by atoms with Crippen LogP contribution in [0.3, 0.4) is 0 Å². The Morgan fingerprint density at radius 3 is 1.04 bits per heavy atom.